The van der Waals surface area contributed by atoms with Crippen LogP contribution in [0.3, 0.4) is 0 Å². The van der Waals surface area contributed by atoms with Gasteiger partial charge in [0.15, 0.2) is 0 Å². The quantitative estimate of drug-likeness (QED) is 0.117. The molecule has 1 saturated heterocycles. The maximum absolute atomic E-state index is 11.6. The van der Waals surface area contributed by atoms with E-state index < -0.39 is 0 Å². The zero-order chi connectivity index (χ0) is 15.1. The van der Waals surface area contributed by atoms with Gasteiger partial charge >= 0.3 is 29.6 Å². The van der Waals surface area contributed by atoms with Crippen LogP contribution >= 0.6 is 24.1 Å². The van der Waals surface area contributed by atoms with E-state index >= 15 is 0 Å². The molecule has 1 N–H and O–H groups in total. The minimum atomic E-state index is -0.229. The van der Waals surface area contributed by atoms with Gasteiger partial charge < -0.3 is 5.26 Å². The molecule has 0 aromatic heterocycles. The predicted molar refractivity (Wildman–Crippen MR) is 71.6 cm³/mol. The molecule has 3 atom stereocenters. The Balaban J connectivity index is 0.00000242. The molecule has 1 saturated carbocycles. The second-order valence-corrected chi connectivity index (χ2v) is 6.57. The predicted octanol–water partition coefficient (Wildman–Crippen LogP) is -2.71. The Hall–Kier alpha value is 0.640. The molecule has 22 heavy (non-hydrogen) atoms. The number of hydrogen-bond acceptors (Lipinski definition) is 9. The van der Waals surface area contributed by atoms with Crippen molar-refractivity contribution in [1.82, 2.24) is 5.32 Å². The number of amides is 2. The Morgan fingerprint density at radius 1 is 1.18 bits per heavy atom. The standard InChI is InChI=1S/C11H17NO7S2.Na/c13-10-8-3-2-7(6-9(8)11(14)12-10)21-18-16-4-1-5-20-19-17-15;/h7-9,15H,1-6H2,(H,12,13,14);/q;+1/p-1. The number of fused-ring (bicyclic) bond motifs is 1. The van der Waals surface area contributed by atoms with Crippen molar-refractivity contribution in [2.24, 2.45) is 11.8 Å². The molecular formula is C11H16NNaO7S2. The first-order valence-electron chi connectivity index (χ1n) is 6.60. The Morgan fingerprint density at radius 2 is 1.95 bits per heavy atom. The summed E-state index contributed by atoms with van der Waals surface area (Å²) in [6.07, 6.45) is 2.79. The zero-order valence-electron chi connectivity index (χ0n) is 12.1. The normalized spacial score (nSPS) is 27.2. The largest absolute Gasteiger partial charge is 1.00 e. The van der Waals surface area contributed by atoms with E-state index in [1.54, 1.807) is 0 Å². The molecule has 2 rings (SSSR count). The van der Waals surface area contributed by atoms with E-state index in [0.29, 0.717) is 31.6 Å². The van der Waals surface area contributed by atoms with Gasteiger partial charge in [-0.25, -0.2) is 4.89 Å². The number of carbonyl (C=O) groups is 2. The van der Waals surface area contributed by atoms with Crippen molar-refractivity contribution in [1.29, 1.82) is 0 Å². The van der Waals surface area contributed by atoms with Crippen molar-refractivity contribution in [3.63, 3.8) is 0 Å². The van der Waals surface area contributed by atoms with Crippen LogP contribution < -0.4 is 40.1 Å². The Kier molecular flexibility index (Phi) is 10.6. The second-order valence-electron chi connectivity index (χ2n) is 4.80. The fraction of sp³-hybridized carbons (Fsp3) is 0.818. The van der Waals surface area contributed by atoms with Gasteiger partial charge in [-0.05, 0) is 25.7 Å². The van der Waals surface area contributed by atoms with Gasteiger partial charge in [0.05, 0.1) is 18.4 Å². The van der Waals surface area contributed by atoms with Crippen LogP contribution in [0.5, 0.6) is 0 Å². The third-order valence-electron chi connectivity index (χ3n) is 3.48. The molecule has 2 aliphatic rings. The molecule has 1 aliphatic heterocycles. The van der Waals surface area contributed by atoms with Crippen molar-refractivity contribution in [2.45, 2.75) is 30.9 Å². The van der Waals surface area contributed by atoms with Crippen LogP contribution in [0.15, 0.2) is 0 Å². The number of carbonyl (C=O) groups excluding carboxylic acids is 2. The minimum absolute atomic E-state index is 0. The maximum atomic E-state index is 11.6. The first-order chi connectivity index (χ1) is 10.2. The Labute approximate surface area is 158 Å². The van der Waals surface area contributed by atoms with E-state index in [9.17, 15) is 14.8 Å². The number of hydrogen-bond donors (Lipinski definition) is 1. The van der Waals surface area contributed by atoms with E-state index in [-0.39, 0.29) is 58.5 Å². The first-order valence-corrected chi connectivity index (χ1v) is 8.31. The number of rotatable bonds is 9. The van der Waals surface area contributed by atoms with Crippen LogP contribution in [-0.2, 0) is 28.2 Å². The molecule has 0 aromatic carbocycles. The SMILES string of the molecule is O=C1NC(=O)C2CC(SOOCCCSOO[O-])CCC12.[Na+]. The minimum Gasteiger partial charge on any atom is -0.691 e. The first kappa shape index (κ1) is 20.7. The van der Waals surface area contributed by atoms with Crippen molar-refractivity contribution in [3.8, 4) is 0 Å². The van der Waals surface area contributed by atoms with Crippen LogP contribution in [0.2, 0.25) is 0 Å². The summed E-state index contributed by atoms with van der Waals surface area (Å²) in [5, 5.41) is 15.2. The smallest absolute Gasteiger partial charge is 0.691 e. The third-order valence-corrected chi connectivity index (χ3v) is 4.96. The van der Waals surface area contributed by atoms with Gasteiger partial charge in [-0.1, -0.05) is 0 Å². The molecule has 8 nitrogen and oxygen atoms in total. The fourth-order valence-corrected chi connectivity index (χ4v) is 3.57. The van der Waals surface area contributed by atoms with E-state index in [1.807, 2.05) is 0 Å². The summed E-state index contributed by atoms with van der Waals surface area (Å²) in [5.41, 5.74) is 0. The molecule has 2 amide bonds. The maximum Gasteiger partial charge on any atom is 1.00 e. The fourth-order valence-electron chi connectivity index (χ4n) is 2.48. The van der Waals surface area contributed by atoms with Crippen molar-refractivity contribution < 1.29 is 63.0 Å². The number of nitrogens with one attached hydrogen (secondary N) is 1. The number of imide groups is 1. The van der Waals surface area contributed by atoms with Gasteiger partial charge in [-0.2, -0.15) is 8.67 Å². The molecule has 120 valence electrons. The van der Waals surface area contributed by atoms with Crippen LogP contribution in [0.25, 0.3) is 0 Å². The topological polar surface area (TPSA) is 106 Å². The second kappa shape index (κ2) is 11.2. The summed E-state index contributed by atoms with van der Waals surface area (Å²) in [5.74, 6) is -0.170. The molecule has 0 spiro atoms. The zero-order valence-corrected chi connectivity index (χ0v) is 15.8. The van der Waals surface area contributed by atoms with Gasteiger partial charge in [0, 0.05) is 35.1 Å². The summed E-state index contributed by atoms with van der Waals surface area (Å²) >= 11 is 2.09. The van der Waals surface area contributed by atoms with Crippen LogP contribution in [0, 0.1) is 11.8 Å². The molecular weight excluding hydrogens is 345 g/mol. The summed E-state index contributed by atoms with van der Waals surface area (Å²) in [6.45, 7) is 0.361. The van der Waals surface area contributed by atoms with Gasteiger partial charge in [-0.15, -0.1) is 0 Å². The van der Waals surface area contributed by atoms with Crippen molar-refractivity contribution in [2.75, 3.05) is 12.4 Å². The van der Waals surface area contributed by atoms with E-state index in [1.165, 1.54) is 12.0 Å². The summed E-state index contributed by atoms with van der Waals surface area (Å²) in [6, 6.07) is 0. The van der Waals surface area contributed by atoms with Gasteiger partial charge in [0.2, 0.25) is 11.8 Å². The molecule has 1 heterocycles. The van der Waals surface area contributed by atoms with Crippen molar-refractivity contribution in [3.05, 3.63) is 0 Å². The molecule has 0 radical (unpaired) electrons. The molecule has 11 heteroatoms. The van der Waals surface area contributed by atoms with E-state index in [0.717, 1.165) is 18.5 Å². The average molecular weight is 361 g/mol. The van der Waals surface area contributed by atoms with Crippen LogP contribution in [-0.4, -0.2) is 29.4 Å². The Bertz CT molecular complexity index is 376. The summed E-state index contributed by atoms with van der Waals surface area (Å²) in [4.78, 5) is 28.1. The summed E-state index contributed by atoms with van der Waals surface area (Å²) < 4.78 is 9.14. The Morgan fingerprint density at radius 3 is 2.73 bits per heavy atom. The summed E-state index contributed by atoms with van der Waals surface area (Å²) in [7, 11) is 0. The van der Waals surface area contributed by atoms with Gasteiger partial charge in [-0.3, -0.25) is 19.9 Å². The molecule has 2 fully saturated rings. The van der Waals surface area contributed by atoms with Crippen molar-refractivity contribution >= 4 is 35.9 Å². The van der Waals surface area contributed by atoms with Crippen LogP contribution in [0.1, 0.15) is 25.7 Å². The van der Waals surface area contributed by atoms with E-state index in [2.05, 4.69) is 14.7 Å². The van der Waals surface area contributed by atoms with Crippen LogP contribution in [0.4, 0.5) is 0 Å². The molecule has 3 unspecified atom stereocenters. The third kappa shape index (κ3) is 6.27. The average Bonchev–Trinajstić information content (AvgIpc) is 2.76. The van der Waals surface area contributed by atoms with Gasteiger partial charge in [0.1, 0.15) is 0 Å². The molecule has 0 bridgehead atoms. The molecule has 0 aromatic rings. The van der Waals surface area contributed by atoms with Gasteiger partial charge in [0.25, 0.3) is 0 Å². The van der Waals surface area contributed by atoms with E-state index in [4.69, 9.17) is 9.22 Å². The molecule has 1 aliphatic carbocycles. The monoisotopic (exact) mass is 361 g/mol.